The van der Waals surface area contributed by atoms with E-state index in [0.717, 1.165) is 11.1 Å². The molecule has 0 fully saturated rings. The maximum absolute atomic E-state index is 12.9. The van der Waals surface area contributed by atoms with Gasteiger partial charge in [0.1, 0.15) is 10.6 Å². The first-order valence-corrected chi connectivity index (χ1v) is 10.5. The molecule has 0 atom stereocenters. The molecular weight excluding hydrogens is 388 g/mol. The summed E-state index contributed by atoms with van der Waals surface area (Å²) in [6.45, 7) is 3.76. The van der Waals surface area contributed by atoms with Gasteiger partial charge in [-0.1, -0.05) is 23.8 Å². The zero-order chi connectivity index (χ0) is 21.0. The predicted molar refractivity (Wildman–Crippen MR) is 112 cm³/mol. The first-order valence-electron chi connectivity index (χ1n) is 9.00. The summed E-state index contributed by atoms with van der Waals surface area (Å²) in [6, 6.07) is 13.5. The minimum absolute atomic E-state index is 0.0196. The summed E-state index contributed by atoms with van der Waals surface area (Å²) in [4.78, 5) is 16.6. The normalized spacial score (nSPS) is 11.1. The number of Topliss-reactive ketones (excluding diaryl/α,β-unsaturated/α-hetero) is 1. The Kier molecular flexibility index (Phi) is 5.98. The van der Waals surface area contributed by atoms with Crippen molar-refractivity contribution in [3.8, 4) is 5.75 Å². The van der Waals surface area contributed by atoms with Crippen molar-refractivity contribution in [3.05, 3.63) is 83.2 Å². The average Bonchev–Trinajstić information content (AvgIpc) is 2.70. The third kappa shape index (κ3) is 4.81. The molecule has 1 aromatic heterocycles. The van der Waals surface area contributed by atoms with Crippen LogP contribution >= 0.6 is 0 Å². The van der Waals surface area contributed by atoms with E-state index in [0.29, 0.717) is 16.8 Å². The molecule has 0 saturated carbocycles. The SMILES string of the molecule is COc1ccc(CC(=O)c2cnccc2C)cc1S(=O)(=O)Nc1ccc(C)cc1. The van der Waals surface area contributed by atoms with Crippen LogP contribution in [0.25, 0.3) is 0 Å². The number of anilines is 1. The molecule has 1 heterocycles. The minimum atomic E-state index is -3.90. The fourth-order valence-electron chi connectivity index (χ4n) is 2.91. The zero-order valence-corrected chi connectivity index (χ0v) is 17.3. The molecule has 0 saturated heterocycles. The summed E-state index contributed by atoms with van der Waals surface area (Å²) in [6.07, 6.45) is 3.21. The lowest BCUT2D eigenvalue weighted by atomic mass is 10.0. The third-order valence-electron chi connectivity index (χ3n) is 4.53. The Hall–Kier alpha value is -3.19. The Morgan fingerprint density at radius 1 is 1.07 bits per heavy atom. The number of methoxy groups -OCH3 is 1. The summed E-state index contributed by atoms with van der Waals surface area (Å²) >= 11 is 0. The number of rotatable bonds is 7. The number of pyridine rings is 1. The van der Waals surface area contributed by atoms with Gasteiger partial charge in [-0.2, -0.15) is 0 Å². The van der Waals surface area contributed by atoms with Gasteiger partial charge in [-0.15, -0.1) is 0 Å². The fraction of sp³-hybridized carbons (Fsp3) is 0.182. The molecule has 2 aromatic carbocycles. The van der Waals surface area contributed by atoms with Crippen molar-refractivity contribution < 1.29 is 17.9 Å². The van der Waals surface area contributed by atoms with Crippen molar-refractivity contribution in [2.24, 2.45) is 0 Å². The Labute approximate surface area is 170 Å². The molecule has 0 bridgehead atoms. The number of aromatic nitrogens is 1. The van der Waals surface area contributed by atoms with Crippen LogP contribution in [0, 0.1) is 13.8 Å². The second kappa shape index (κ2) is 8.45. The van der Waals surface area contributed by atoms with Crippen LogP contribution in [0.15, 0.2) is 65.8 Å². The lowest BCUT2D eigenvalue weighted by molar-refractivity contribution is 0.0992. The molecule has 3 rings (SSSR count). The number of nitrogens with zero attached hydrogens (tertiary/aromatic N) is 1. The topological polar surface area (TPSA) is 85.4 Å². The summed E-state index contributed by atoms with van der Waals surface area (Å²) < 4.78 is 33.7. The zero-order valence-electron chi connectivity index (χ0n) is 16.5. The second-order valence-corrected chi connectivity index (χ2v) is 8.40. The summed E-state index contributed by atoms with van der Waals surface area (Å²) in [5.74, 6) is 0.0778. The fourth-order valence-corrected chi connectivity index (χ4v) is 4.19. The van der Waals surface area contributed by atoms with Crippen LogP contribution in [0.4, 0.5) is 5.69 Å². The van der Waals surface area contributed by atoms with E-state index in [1.54, 1.807) is 36.5 Å². The smallest absolute Gasteiger partial charge is 0.265 e. The highest BCUT2D eigenvalue weighted by Crippen LogP contribution is 2.28. The molecule has 0 spiro atoms. The van der Waals surface area contributed by atoms with E-state index >= 15 is 0 Å². The first-order chi connectivity index (χ1) is 13.8. The van der Waals surface area contributed by atoms with Gasteiger partial charge in [-0.25, -0.2) is 8.42 Å². The van der Waals surface area contributed by atoms with Crippen molar-refractivity contribution >= 4 is 21.5 Å². The standard InChI is InChI=1S/C22H22N2O4S/c1-15-4-7-18(8-5-15)24-29(26,27)22-13-17(6-9-21(22)28-3)12-20(25)19-14-23-11-10-16(19)2/h4-11,13-14,24H,12H2,1-3H3. The van der Waals surface area contributed by atoms with E-state index in [9.17, 15) is 13.2 Å². The van der Waals surface area contributed by atoms with Gasteiger partial charge in [0.05, 0.1) is 7.11 Å². The lowest BCUT2D eigenvalue weighted by Gasteiger charge is -2.13. The molecule has 0 aliphatic rings. The quantitative estimate of drug-likeness (QED) is 0.597. The van der Waals surface area contributed by atoms with Gasteiger partial charge in [0.2, 0.25) is 0 Å². The van der Waals surface area contributed by atoms with E-state index < -0.39 is 10.0 Å². The molecule has 0 aliphatic carbocycles. The average molecular weight is 410 g/mol. The van der Waals surface area contributed by atoms with E-state index in [1.807, 2.05) is 26.0 Å². The third-order valence-corrected chi connectivity index (χ3v) is 5.93. The van der Waals surface area contributed by atoms with Gasteiger partial charge in [-0.3, -0.25) is 14.5 Å². The summed E-state index contributed by atoms with van der Waals surface area (Å²) in [5, 5.41) is 0. The van der Waals surface area contributed by atoms with Crippen LogP contribution in [0.2, 0.25) is 0 Å². The van der Waals surface area contributed by atoms with Gasteiger partial charge in [-0.05, 0) is 55.3 Å². The number of aryl methyl sites for hydroxylation is 2. The molecule has 29 heavy (non-hydrogen) atoms. The minimum Gasteiger partial charge on any atom is -0.495 e. The number of benzene rings is 2. The van der Waals surface area contributed by atoms with Gasteiger partial charge in [0, 0.05) is 30.1 Å². The molecule has 0 aliphatic heterocycles. The predicted octanol–water partition coefficient (Wildman–Crippen LogP) is 3.93. The molecule has 0 unspecified atom stereocenters. The van der Waals surface area contributed by atoms with Crippen LogP contribution in [-0.2, 0) is 16.4 Å². The Morgan fingerprint density at radius 3 is 2.45 bits per heavy atom. The van der Waals surface area contributed by atoms with Crippen molar-refractivity contribution in [3.63, 3.8) is 0 Å². The van der Waals surface area contributed by atoms with Crippen molar-refractivity contribution in [1.29, 1.82) is 0 Å². The van der Waals surface area contributed by atoms with Gasteiger partial charge >= 0.3 is 0 Å². The van der Waals surface area contributed by atoms with E-state index in [4.69, 9.17) is 4.74 Å². The molecule has 150 valence electrons. The maximum atomic E-state index is 12.9. The van der Waals surface area contributed by atoms with Gasteiger partial charge < -0.3 is 4.74 Å². The van der Waals surface area contributed by atoms with Gasteiger partial charge in [0.25, 0.3) is 10.0 Å². The summed E-state index contributed by atoms with van der Waals surface area (Å²) in [7, 11) is -2.49. The molecule has 6 nitrogen and oxygen atoms in total. The summed E-state index contributed by atoms with van der Waals surface area (Å²) in [5.41, 5.74) is 3.39. The van der Waals surface area contributed by atoms with E-state index in [2.05, 4.69) is 9.71 Å². The van der Waals surface area contributed by atoms with Crippen LogP contribution in [-0.4, -0.2) is 26.3 Å². The first kappa shape index (κ1) is 20.5. The van der Waals surface area contributed by atoms with Crippen LogP contribution in [0.3, 0.4) is 0 Å². The molecule has 0 amide bonds. The number of sulfonamides is 1. The van der Waals surface area contributed by atoms with Crippen LogP contribution in [0.5, 0.6) is 5.75 Å². The second-order valence-electron chi connectivity index (χ2n) is 6.75. The number of hydrogen-bond acceptors (Lipinski definition) is 5. The molecule has 7 heteroatoms. The van der Waals surface area contributed by atoms with Crippen molar-refractivity contribution in [2.45, 2.75) is 25.2 Å². The molecule has 3 aromatic rings. The lowest BCUT2D eigenvalue weighted by Crippen LogP contribution is -2.15. The highest BCUT2D eigenvalue weighted by molar-refractivity contribution is 7.92. The van der Waals surface area contributed by atoms with E-state index in [1.165, 1.54) is 19.4 Å². The Balaban J connectivity index is 1.91. The Bertz CT molecular complexity index is 1140. The number of carbonyl (C=O) groups excluding carboxylic acids is 1. The van der Waals surface area contributed by atoms with Crippen molar-refractivity contribution in [2.75, 3.05) is 11.8 Å². The largest absolute Gasteiger partial charge is 0.495 e. The number of ketones is 1. The highest BCUT2D eigenvalue weighted by Gasteiger charge is 2.21. The van der Waals surface area contributed by atoms with Crippen LogP contribution in [0.1, 0.15) is 27.0 Å². The molecule has 1 N–H and O–H groups in total. The number of carbonyl (C=O) groups is 1. The van der Waals surface area contributed by atoms with Crippen molar-refractivity contribution in [1.82, 2.24) is 4.98 Å². The van der Waals surface area contributed by atoms with Gasteiger partial charge in [0.15, 0.2) is 5.78 Å². The maximum Gasteiger partial charge on any atom is 0.265 e. The highest BCUT2D eigenvalue weighted by atomic mass is 32.2. The monoisotopic (exact) mass is 410 g/mol. The van der Waals surface area contributed by atoms with Crippen LogP contribution < -0.4 is 9.46 Å². The number of hydrogen-bond donors (Lipinski definition) is 1. The molecular formula is C22H22N2O4S. The number of nitrogens with one attached hydrogen (secondary N) is 1. The van der Waals surface area contributed by atoms with E-state index in [-0.39, 0.29) is 22.8 Å². The Morgan fingerprint density at radius 2 is 1.79 bits per heavy atom. The number of ether oxygens (including phenoxy) is 1. The molecule has 0 radical (unpaired) electrons.